The van der Waals surface area contributed by atoms with Gasteiger partial charge in [0.1, 0.15) is 6.54 Å². The third kappa shape index (κ3) is 2.09. The Morgan fingerprint density at radius 3 is 2.85 bits per heavy atom. The minimum Gasteiger partial charge on any atom is -0.480 e. The number of imidazole rings is 1. The maximum absolute atomic E-state index is 12.5. The summed E-state index contributed by atoms with van der Waals surface area (Å²) in [5.41, 5.74) is 1.08. The number of carboxylic acids is 1. The van der Waals surface area contributed by atoms with Crippen LogP contribution in [-0.2, 0) is 11.3 Å². The molecule has 7 nitrogen and oxygen atoms in total. The monoisotopic (exact) mass is 276 g/mol. The van der Waals surface area contributed by atoms with Crippen LogP contribution in [0.4, 0.5) is 0 Å². The molecule has 0 atom stereocenters. The molecule has 2 N–H and O–H groups in total. The summed E-state index contributed by atoms with van der Waals surface area (Å²) < 4.78 is 3.01. The highest BCUT2D eigenvalue weighted by Crippen LogP contribution is 2.22. The normalized spacial score (nSPS) is 16.6. The first-order valence-corrected chi connectivity index (χ1v) is 6.65. The number of pyridine rings is 1. The van der Waals surface area contributed by atoms with Gasteiger partial charge in [0.2, 0.25) is 0 Å². The number of aromatic nitrogens is 3. The van der Waals surface area contributed by atoms with Crippen LogP contribution < -0.4 is 11.0 Å². The average molecular weight is 276 g/mol. The van der Waals surface area contributed by atoms with Crippen LogP contribution in [0.2, 0.25) is 0 Å². The van der Waals surface area contributed by atoms with Crippen molar-refractivity contribution in [2.24, 2.45) is 0 Å². The van der Waals surface area contributed by atoms with Gasteiger partial charge in [-0.2, -0.15) is 0 Å². The number of nitrogens with one attached hydrogen (secondary N) is 1. The molecule has 0 bridgehead atoms. The number of nitrogens with zero attached hydrogens (tertiary/aromatic N) is 3. The lowest BCUT2D eigenvalue weighted by molar-refractivity contribution is -0.137. The molecular formula is C13H16N4O3. The lowest BCUT2D eigenvalue weighted by atomic mass is 10.1. The predicted octanol–water partition coefficient (Wildman–Crippen LogP) is 0.207. The first kappa shape index (κ1) is 12.9. The van der Waals surface area contributed by atoms with E-state index in [1.54, 1.807) is 23.0 Å². The number of piperidine rings is 1. The molecule has 0 radical (unpaired) electrons. The number of hydrogen-bond acceptors (Lipinski definition) is 4. The van der Waals surface area contributed by atoms with Crippen molar-refractivity contribution in [1.82, 2.24) is 19.4 Å². The smallest absolute Gasteiger partial charge is 0.329 e. The molecule has 0 unspecified atom stereocenters. The van der Waals surface area contributed by atoms with Gasteiger partial charge >= 0.3 is 11.7 Å². The summed E-state index contributed by atoms with van der Waals surface area (Å²) in [6.07, 6.45) is 4.92. The molecule has 2 aromatic heterocycles. The Labute approximate surface area is 114 Å². The summed E-state index contributed by atoms with van der Waals surface area (Å²) in [7, 11) is 0. The van der Waals surface area contributed by atoms with Gasteiger partial charge in [0.05, 0.1) is 17.2 Å². The average Bonchev–Trinajstić information content (AvgIpc) is 2.72. The highest BCUT2D eigenvalue weighted by Gasteiger charge is 2.22. The zero-order valence-electron chi connectivity index (χ0n) is 11.0. The van der Waals surface area contributed by atoms with Crippen molar-refractivity contribution in [3.63, 3.8) is 0 Å². The zero-order valence-corrected chi connectivity index (χ0v) is 11.0. The van der Waals surface area contributed by atoms with Crippen molar-refractivity contribution < 1.29 is 9.90 Å². The minimum atomic E-state index is -1.03. The molecule has 0 aromatic carbocycles. The van der Waals surface area contributed by atoms with Crippen molar-refractivity contribution in [3.05, 3.63) is 28.9 Å². The fourth-order valence-corrected chi connectivity index (χ4v) is 2.83. The molecule has 0 aliphatic carbocycles. The standard InChI is InChI=1S/C13H16N4O3/c18-12(19)8-16-11-7-15-6-3-10(11)17(13(16)20)9-1-4-14-5-2-9/h3,6-7,9,14H,1-2,4-5,8H2,(H,18,19). The van der Waals surface area contributed by atoms with Gasteiger partial charge in [-0.1, -0.05) is 0 Å². The fraction of sp³-hybridized carbons (Fsp3) is 0.462. The second-order valence-corrected chi connectivity index (χ2v) is 4.98. The summed E-state index contributed by atoms with van der Waals surface area (Å²) in [6.45, 7) is 1.40. The van der Waals surface area contributed by atoms with Crippen LogP contribution in [0.15, 0.2) is 23.3 Å². The van der Waals surface area contributed by atoms with E-state index >= 15 is 0 Å². The molecular weight excluding hydrogens is 260 g/mol. The van der Waals surface area contributed by atoms with Crippen LogP contribution in [0, 0.1) is 0 Å². The van der Waals surface area contributed by atoms with Crippen LogP contribution in [0.1, 0.15) is 18.9 Å². The Morgan fingerprint density at radius 1 is 1.40 bits per heavy atom. The third-order valence-corrected chi connectivity index (χ3v) is 3.73. The maximum atomic E-state index is 12.5. The highest BCUT2D eigenvalue weighted by molar-refractivity contribution is 5.77. The van der Waals surface area contributed by atoms with Gasteiger partial charge in [0.25, 0.3) is 0 Å². The van der Waals surface area contributed by atoms with E-state index < -0.39 is 5.97 Å². The molecule has 7 heteroatoms. The number of carboxylic acid groups (broad SMARTS) is 1. The summed E-state index contributed by atoms with van der Waals surface area (Å²) in [5, 5.41) is 12.2. The van der Waals surface area contributed by atoms with Crippen LogP contribution in [0.25, 0.3) is 11.0 Å². The number of hydrogen-bond donors (Lipinski definition) is 2. The first-order chi connectivity index (χ1) is 9.68. The van der Waals surface area contributed by atoms with E-state index in [1.807, 2.05) is 0 Å². The topological polar surface area (TPSA) is 89.1 Å². The fourth-order valence-electron chi connectivity index (χ4n) is 2.83. The molecule has 0 spiro atoms. The van der Waals surface area contributed by atoms with Crippen LogP contribution in [-0.4, -0.2) is 38.3 Å². The lowest BCUT2D eigenvalue weighted by Gasteiger charge is -2.23. The van der Waals surface area contributed by atoms with E-state index in [0.717, 1.165) is 31.4 Å². The van der Waals surface area contributed by atoms with E-state index in [1.165, 1.54) is 4.57 Å². The summed E-state index contributed by atoms with van der Waals surface area (Å²) >= 11 is 0. The van der Waals surface area contributed by atoms with E-state index in [0.29, 0.717) is 5.52 Å². The molecule has 20 heavy (non-hydrogen) atoms. The van der Waals surface area contributed by atoms with Gasteiger partial charge in [-0.25, -0.2) is 4.79 Å². The molecule has 0 saturated carbocycles. The third-order valence-electron chi connectivity index (χ3n) is 3.73. The zero-order chi connectivity index (χ0) is 14.1. The van der Waals surface area contributed by atoms with E-state index in [2.05, 4.69) is 10.3 Å². The van der Waals surface area contributed by atoms with Crippen molar-refractivity contribution in [1.29, 1.82) is 0 Å². The van der Waals surface area contributed by atoms with Gasteiger partial charge in [-0.3, -0.25) is 18.9 Å². The van der Waals surface area contributed by atoms with Gasteiger partial charge in [-0.05, 0) is 32.0 Å². The van der Waals surface area contributed by atoms with Crippen molar-refractivity contribution in [2.75, 3.05) is 13.1 Å². The molecule has 1 aliphatic rings. The number of rotatable bonds is 3. The SMILES string of the molecule is O=C(O)Cn1c(=O)n(C2CCNCC2)c2ccncc21. The molecule has 1 fully saturated rings. The summed E-state index contributed by atoms with van der Waals surface area (Å²) in [6, 6.07) is 1.89. The van der Waals surface area contributed by atoms with Crippen LogP contribution in [0.5, 0.6) is 0 Å². The quantitative estimate of drug-likeness (QED) is 0.836. The van der Waals surface area contributed by atoms with Gasteiger partial charge in [-0.15, -0.1) is 0 Å². The number of carbonyl (C=O) groups is 1. The molecule has 1 saturated heterocycles. The Hall–Kier alpha value is -2.15. The Kier molecular flexibility index (Phi) is 3.27. The second-order valence-electron chi connectivity index (χ2n) is 4.98. The largest absolute Gasteiger partial charge is 0.480 e. The van der Waals surface area contributed by atoms with Crippen LogP contribution >= 0.6 is 0 Å². The van der Waals surface area contributed by atoms with Crippen molar-refractivity contribution in [2.45, 2.75) is 25.4 Å². The highest BCUT2D eigenvalue weighted by atomic mass is 16.4. The number of fused-ring (bicyclic) bond motifs is 1. The maximum Gasteiger partial charge on any atom is 0.329 e. The van der Waals surface area contributed by atoms with Gasteiger partial charge in [0.15, 0.2) is 0 Å². The van der Waals surface area contributed by atoms with E-state index in [9.17, 15) is 9.59 Å². The minimum absolute atomic E-state index is 0.115. The first-order valence-electron chi connectivity index (χ1n) is 6.65. The predicted molar refractivity (Wildman–Crippen MR) is 72.8 cm³/mol. The molecule has 1 aliphatic heterocycles. The van der Waals surface area contributed by atoms with Gasteiger partial charge in [0, 0.05) is 12.2 Å². The summed E-state index contributed by atoms with van der Waals surface area (Å²) in [5.74, 6) is -1.03. The lowest BCUT2D eigenvalue weighted by Crippen LogP contribution is -2.35. The Balaban J connectivity index is 2.18. The Bertz CT molecular complexity index is 697. The van der Waals surface area contributed by atoms with Crippen molar-refractivity contribution >= 4 is 17.0 Å². The molecule has 0 amide bonds. The Morgan fingerprint density at radius 2 is 2.15 bits per heavy atom. The second kappa shape index (κ2) is 5.09. The molecule has 3 heterocycles. The summed E-state index contributed by atoms with van der Waals surface area (Å²) in [4.78, 5) is 27.5. The molecule has 3 rings (SSSR count). The van der Waals surface area contributed by atoms with E-state index in [4.69, 9.17) is 5.11 Å². The van der Waals surface area contributed by atoms with Gasteiger partial charge < -0.3 is 10.4 Å². The van der Waals surface area contributed by atoms with Crippen LogP contribution in [0.3, 0.4) is 0 Å². The van der Waals surface area contributed by atoms with E-state index in [-0.39, 0.29) is 18.3 Å². The molecule has 2 aromatic rings. The van der Waals surface area contributed by atoms with Crippen molar-refractivity contribution in [3.8, 4) is 0 Å². The molecule has 106 valence electrons. The number of aliphatic carboxylic acids is 1.